The van der Waals surface area contributed by atoms with Gasteiger partial charge in [0, 0.05) is 6.54 Å². The van der Waals surface area contributed by atoms with Gasteiger partial charge in [0.25, 0.3) is 0 Å². The Morgan fingerprint density at radius 3 is 2.32 bits per heavy atom. The Kier molecular flexibility index (Phi) is 8.30. The Hall–Kier alpha value is -2.94. The standard InChI is InChI=1S/C26H33N3O4S/c1-18(2)25(28-34(31,32)23-14-13-19-9-6-7-10-20(19)16-23)26(30)27-17-24(29(3)4)21-11-8-12-22(15-21)33-5/h6-16,18,24-25,28H,17H2,1-5H3,(H,27,30)/t24-,25+/m1/s1. The number of likely N-dealkylation sites (N-methyl/N-ethyl adjacent to an activating group) is 1. The highest BCUT2D eigenvalue weighted by Crippen LogP contribution is 2.23. The molecule has 0 aliphatic carbocycles. The van der Waals surface area contributed by atoms with Gasteiger partial charge >= 0.3 is 0 Å². The number of nitrogens with one attached hydrogen (secondary N) is 2. The lowest BCUT2D eigenvalue weighted by atomic mass is 10.0. The maximum Gasteiger partial charge on any atom is 0.241 e. The zero-order valence-corrected chi connectivity index (χ0v) is 21.1. The van der Waals surface area contributed by atoms with Crippen molar-refractivity contribution in [1.82, 2.24) is 14.9 Å². The van der Waals surface area contributed by atoms with Crippen molar-refractivity contribution in [2.24, 2.45) is 5.92 Å². The van der Waals surface area contributed by atoms with Crippen molar-refractivity contribution in [2.75, 3.05) is 27.7 Å². The Bertz CT molecular complexity index is 1240. The molecule has 0 spiro atoms. The minimum absolute atomic E-state index is 0.107. The van der Waals surface area contributed by atoms with Crippen molar-refractivity contribution in [3.8, 4) is 5.75 Å². The minimum atomic E-state index is -3.89. The molecule has 34 heavy (non-hydrogen) atoms. The summed E-state index contributed by atoms with van der Waals surface area (Å²) in [4.78, 5) is 15.2. The van der Waals surface area contributed by atoms with Gasteiger partial charge in [-0.05, 0) is 60.6 Å². The first-order valence-corrected chi connectivity index (χ1v) is 12.7. The highest BCUT2D eigenvalue weighted by Gasteiger charge is 2.29. The van der Waals surface area contributed by atoms with Crippen LogP contribution in [-0.4, -0.2) is 53.0 Å². The number of carbonyl (C=O) groups is 1. The van der Waals surface area contributed by atoms with Crippen molar-refractivity contribution < 1.29 is 17.9 Å². The summed E-state index contributed by atoms with van der Waals surface area (Å²) in [7, 11) is 1.58. The second-order valence-electron chi connectivity index (χ2n) is 8.85. The molecule has 1 amide bonds. The summed E-state index contributed by atoms with van der Waals surface area (Å²) in [5, 5.41) is 4.71. The molecule has 0 aliphatic heterocycles. The number of carbonyl (C=O) groups excluding carboxylic acids is 1. The van der Waals surface area contributed by atoms with Gasteiger partial charge in [0.2, 0.25) is 15.9 Å². The molecule has 8 heteroatoms. The van der Waals surface area contributed by atoms with Crippen LogP contribution in [0.4, 0.5) is 0 Å². The largest absolute Gasteiger partial charge is 0.497 e. The molecule has 182 valence electrons. The third kappa shape index (κ3) is 6.14. The highest BCUT2D eigenvalue weighted by atomic mass is 32.2. The van der Waals surface area contributed by atoms with E-state index in [4.69, 9.17) is 4.74 Å². The first kappa shape index (κ1) is 25.7. The van der Waals surface area contributed by atoms with Crippen molar-refractivity contribution in [2.45, 2.75) is 30.8 Å². The van der Waals surface area contributed by atoms with E-state index >= 15 is 0 Å². The lowest BCUT2D eigenvalue weighted by Gasteiger charge is -2.27. The van der Waals surface area contributed by atoms with Gasteiger partial charge in [-0.3, -0.25) is 4.79 Å². The average molecular weight is 484 g/mol. The first-order chi connectivity index (χ1) is 16.1. The lowest BCUT2D eigenvalue weighted by Crippen LogP contribution is -2.50. The quantitative estimate of drug-likeness (QED) is 0.460. The van der Waals surface area contributed by atoms with E-state index in [1.807, 2.05) is 81.4 Å². The number of nitrogens with zero attached hydrogens (tertiary/aromatic N) is 1. The van der Waals surface area contributed by atoms with Gasteiger partial charge in [0.05, 0.1) is 18.0 Å². The lowest BCUT2D eigenvalue weighted by molar-refractivity contribution is -0.123. The zero-order valence-electron chi connectivity index (χ0n) is 20.3. The number of amides is 1. The van der Waals surface area contributed by atoms with Crippen LogP contribution in [-0.2, 0) is 14.8 Å². The summed E-state index contributed by atoms with van der Waals surface area (Å²) in [6.45, 7) is 3.96. The SMILES string of the molecule is COc1cccc([C@@H](CNC(=O)[C@@H](NS(=O)(=O)c2ccc3ccccc3c2)C(C)C)N(C)C)c1. The predicted molar refractivity (Wildman–Crippen MR) is 135 cm³/mol. The van der Waals surface area contributed by atoms with E-state index in [1.54, 1.807) is 25.3 Å². The number of ether oxygens (including phenoxy) is 1. The molecule has 2 N–H and O–H groups in total. The number of methoxy groups -OCH3 is 1. The minimum Gasteiger partial charge on any atom is -0.497 e. The maximum absolute atomic E-state index is 13.1. The van der Waals surface area contributed by atoms with Gasteiger partial charge in [0.15, 0.2) is 0 Å². The number of hydrogen-bond donors (Lipinski definition) is 2. The molecule has 2 atom stereocenters. The molecule has 0 saturated heterocycles. The van der Waals surface area contributed by atoms with Crippen LogP contribution in [0, 0.1) is 5.92 Å². The zero-order chi connectivity index (χ0) is 24.9. The summed E-state index contributed by atoms with van der Waals surface area (Å²) >= 11 is 0. The van der Waals surface area contributed by atoms with Crippen molar-refractivity contribution >= 4 is 26.7 Å². The van der Waals surface area contributed by atoms with Gasteiger partial charge in [0.1, 0.15) is 11.8 Å². The number of sulfonamides is 1. The first-order valence-electron chi connectivity index (χ1n) is 11.2. The van der Waals surface area contributed by atoms with Crippen LogP contribution in [0.15, 0.2) is 71.6 Å². The molecule has 0 unspecified atom stereocenters. The summed E-state index contributed by atoms with van der Waals surface area (Å²) < 4.78 is 34.2. The molecule has 0 radical (unpaired) electrons. The van der Waals surface area contributed by atoms with E-state index in [2.05, 4.69) is 10.0 Å². The molecule has 3 rings (SSSR count). The Labute approximate surface area is 202 Å². The number of rotatable bonds is 10. The third-order valence-corrected chi connectivity index (χ3v) is 7.27. The van der Waals surface area contributed by atoms with Crippen molar-refractivity contribution in [3.05, 3.63) is 72.3 Å². The smallest absolute Gasteiger partial charge is 0.241 e. The summed E-state index contributed by atoms with van der Waals surface area (Å²) in [6.07, 6.45) is 0. The van der Waals surface area contributed by atoms with E-state index in [-0.39, 0.29) is 22.8 Å². The van der Waals surface area contributed by atoms with E-state index in [9.17, 15) is 13.2 Å². The average Bonchev–Trinajstić information content (AvgIpc) is 2.82. The van der Waals surface area contributed by atoms with Gasteiger partial charge in [-0.15, -0.1) is 0 Å². The Morgan fingerprint density at radius 1 is 0.971 bits per heavy atom. The fourth-order valence-corrected chi connectivity index (χ4v) is 5.20. The summed E-state index contributed by atoms with van der Waals surface area (Å²) in [5.41, 5.74) is 0.988. The molecule has 0 fully saturated rings. The molecule has 0 aromatic heterocycles. The molecule has 0 bridgehead atoms. The molecule has 0 saturated carbocycles. The molecule has 3 aromatic carbocycles. The predicted octanol–water partition coefficient (Wildman–Crippen LogP) is 3.57. The number of hydrogen-bond acceptors (Lipinski definition) is 5. The molecule has 0 heterocycles. The van der Waals surface area contributed by atoms with Gasteiger partial charge in [-0.1, -0.05) is 56.3 Å². The summed E-state index contributed by atoms with van der Waals surface area (Å²) in [5.74, 6) is 0.123. The van der Waals surface area contributed by atoms with Crippen LogP contribution in [0.2, 0.25) is 0 Å². The van der Waals surface area contributed by atoms with E-state index in [1.165, 1.54) is 0 Å². The van der Waals surface area contributed by atoms with Crippen molar-refractivity contribution in [1.29, 1.82) is 0 Å². The van der Waals surface area contributed by atoms with E-state index < -0.39 is 16.1 Å². The second-order valence-corrected chi connectivity index (χ2v) is 10.6. The third-order valence-electron chi connectivity index (χ3n) is 5.83. The fourth-order valence-electron chi connectivity index (χ4n) is 3.82. The number of fused-ring (bicyclic) bond motifs is 1. The van der Waals surface area contributed by atoms with Crippen LogP contribution in [0.1, 0.15) is 25.5 Å². The molecule has 3 aromatic rings. The molecular weight excluding hydrogens is 450 g/mol. The Morgan fingerprint density at radius 2 is 1.68 bits per heavy atom. The maximum atomic E-state index is 13.1. The molecule has 7 nitrogen and oxygen atoms in total. The molecular formula is C26H33N3O4S. The summed E-state index contributed by atoms with van der Waals surface area (Å²) in [6, 6.07) is 19.2. The van der Waals surface area contributed by atoms with E-state index in [0.717, 1.165) is 22.1 Å². The normalized spacial score (nSPS) is 13.7. The fraction of sp³-hybridized carbons (Fsp3) is 0.346. The van der Waals surface area contributed by atoms with Crippen LogP contribution >= 0.6 is 0 Å². The number of benzene rings is 3. The highest BCUT2D eigenvalue weighted by molar-refractivity contribution is 7.89. The van der Waals surface area contributed by atoms with Gasteiger partial charge in [-0.25, -0.2) is 8.42 Å². The topological polar surface area (TPSA) is 87.7 Å². The molecule has 0 aliphatic rings. The Balaban J connectivity index is 1.76. The van der Waals surface area contributed by atoms with Crippen LogP contribution < -0.4 is 14.8 Å². The monoisotopic (exact) mass is 483 g/mol. The van der Waals surface area contributed by atoms with Crippen LogP contribution in [0.3, 0.4) is 0 Å². The van der Waals surface area contributed by atoms with Crippen molar-refractivity contribution in [3.63, 3.8) is 0 Å². The van der Waals surface area contributed by atoms with Crippen LogP contribution in [0.25, 0.3) is 10.8 Å². The van der Waals surface area contributed by atoms with Gasteiger partial charge < -0.3 is 15.0 Å². The van der Waals surface area contributed by atoms with E-state index in [0.29, 0.717) is 6.54 Å². The van der Waals surface area contributed by atoms with Crippen LogP contribution in [0.5, 0.6) is 5.75 Å². The second kappa shape index (κ2) is 11.0. The van der Waals surface area contributed by atoms with Gasteiger partial charge in [-0.2, -0.15) is 4.72 Å².